The zero-order valence-electron chi connectivity index (χ0n) is 22.1. The number of hydrogen-bond acceptors (Lipinski definition) is 6. The van der Waals surface area contributed by atoms with Gasteiger partial charge in [0.2, 0.25) is 5.91 Å². The molecular formula is C29H38FN5O2. The number of halogens is 1. The summed E-state index contributed by atoms with van der Waals surface area (Å²) in [6, 6.07) is 5.47. The van der Waals surface area contributed by atoms with Gasteiger partial charge in [0.05, 0.1) is 17.7 Å². The van der Waals surface area contributed by atoms with E-state index in [1.54, 1.807) is 6.07 Å². The van der Waals surface area contributed by atoms with E-state index >= 15 is 4.39 Å². The van der Waals surface area contributed by atoms with Crippen LogP contribution in [-0.4, -0.2) is 63.6 Å². The van der Waals surface area contributed by atoms with Crippen molar-refractivity contribution in [3.63, 3.8) is 0 Å². The first-order chi connectivity index (χ1) is 17.7. The molecule has 37 heavy (non-hydrogen) atoms. The Balaban J connectivity index is 1.22. The summed E-state index contributed by atoms with van der Waals surface area (Å²) >= 11 is 0. The van der Waals surface area contributed by atoms with Crippen LogP contribution in [0.15, 0.2) is 24.5 Å². The molecule has 2 N–H and O–H groups in total. The van der Waals surface area contributed by atoms with Crippen LogP contribution in [0.25, 0.3) is 0 Å². The minimum atomic E-state index is -0.542. The van der Waals surface area contributed by atoms with Crippen molar-refractivity contribution in [2.75, 3.05) is 31.1 Å². The molecule has 4 atom stereocenters. The highest BCUT2D eigenvalue weighted by Crippen LogP contribution is 2.44. The van der Waals surface area contributed by atoms with Crippen molar-refractivity contribution in [2.45, 2.75) is 88.3 Å². The van der Waals surface area contributed by atoms with E-state index in [4.69, 9.17) is 0 Å². The number of carbonyl (C=O) groups is 1. The lowest BCUT2D eigenvalue weighted by Crippen LogP contribution is -2.53. The molecule has 2 saturated heterocycles. The summed E-state index contributed by atoms with van der Waals surface area (Å²) in [7, 11) is 0. The maximum absolute atomic E-state index is 15.5. The third-order valence-corrected chi connectivity index (χ3v) is 8.90. The van der Waals surface area contributed by atoms with Crippen LogP contribution in [-0.2, 0) is 4.79 Å². The molecule has 1 saturated carbocycles. The van der Waals surface area contributed by atoms with Gasteiger partial charge in [0.25, 0.3) is 0 Å². The Morgan fingerprint density at radius 3 is 2.57 bits per heavy atom. The van der Waals surface area contributed by atoms with Crippen molar-refractivity contribution < 1.29 is 14.3 Å². The van der Waals surface area contributed by atoms with Crippen LogP contribution in [0, 0.1) is 5.82 Å². The number of hydrogen-bond donors (Lipinski definition) is 2. The number of aliphatic hydroxyl groups is 1. The minimum Gasteiger partial charge on any atom is -0.387 e. The van der Waals surface area contributed by atoms with E-state index in [9.17, 15) is 9.90 Å². The van der Waals surface area contributed by atoms with Gasteiger partial charge in [-0.1, -0.05) is 19.1 Å². The van der Waals surface area contributed by atoms with Crippen LogP contribution in [0.5, 0.6) is 0 Å². The number of nitrogens with zero attached hydrogens (tertiary/aromatic N) is 4. The van der Waals surface area contributed by atoms with Crippen LogP contribution in [0.4, 0.5) is 10.2 Å². The summed E-state index contributed by atoms with van der Waals surface area (Å²) < 4.78 is 15.5. The number of rotatable bonds is 5. The molecule has 4 aliphatic rings. The van der Waals surface area contributed by atoms with Crippen LogP contribution in [0.1, 0.15) is 99.1 Å². The molecule has 0 spiro atoms. The van der Waals surface area contributed by atoms with Crippen LogP contribution in [0.3, 0.4) is 0 Å². The molecule has 1 aromatic carbocycles. The summed E-state index contributed by atoms with van der Waals surface area (Å²) in [4.78, 5) is 27.1. The Morgan fingerprint density at radius 2 is 1.92 bits per heavy atom. The number of nitrogens with one attached hydrogen (secondary N) is 1. The topological polar surface area (TPSA) is 81.6 Å². The standard InChI is InChI=1S/C29H38FN5O2/c1-17-14-23(36)26-24(17)27(32-16-31-26)34-10-12-35(13-11-34)28(37)25(22-8-9-29(2,3)33-22)20-7-6-19(15-21(20)30)18-4-5-18/h6-7,15-18,22-23,25,33,36H,4-5,8-14H2,1-3H3/t17-,22+,23+,25+/m1/s1. The van der Waals surface area contributed by atoms with Gasteiger partial charge in [0.15, 0.2) is 0 Å². The van der Waals surface area contributed by atoms with Gasteiger partial charge in [-0.3, -0.25) is 4.79 Å². The van der Waals surface area contributed by atoms with Crippen molar-refractivity contribution in [1.82, 2.24) is 20.2 Å². The predicted molar refractivity (Wildman–Crippen MR) is 140 cm³/mol. The Labute approximate surface area is 218 Å². The molecule has 2 aliphatic heterocycles. The summed E-state index contributed by atoms with van der Waals surface area (Å²) in [5.41, 5.74) is 3.26. The molecule has 0 bridgehead atoms. The Morgan fingerprint density at radius 1 is 1.16 bits per heavy atom. The molecule has 7 nitrogen and oxygen atoms in total. The van der Waals surface area contributed by atoms with Gasteiger partial charge in [-0.05, 0) is 69.4 Å². The number of aliphatic hydroxyl groups excluding tert-OH is 1. The van der Waals surface area contributed by atoms with E-state index in [0.717, 1.165) is 48.3 Å². The third kappa shape index (κ3) is 4.63. The Bertz CT molecular complexity index is 1190. The van der Waals surface area contributed by atoms with Crippen molar-refractivity contribution in [3.05, 3.63) is 52.7 Å². The lowest BCUT2D eigenvalue weighted by atomic mass is 9.87. The average Bonchev–Trinajstić information content (AvgIpc) is 3.61. The highest BCUT2D eigenvalue weighted by molar-refractivity contribution is 5.85. The van der Waals surface area contributed by atoms with E-state index in [2.05, 4.69) is 41.0 Å². The van der Waals surface area contributed by atoms with E-state index in [1.807, 2.05) is 17.0 Å². The number of anilines is 1. The zero-order valence-corrected chi connectivity index (χ0v) is 22.1. The fourth-order valence-electron chi connectivity index (χ4n) is 6.69. The molecule has 3 fully saturated rings. The summed E-state index contributed by atoms with van der Waals surface area (Å²) in [5.74, 6) is 0.755. The van der Waals surface area contributed by atoms with Crippen molar-refractivity contribution in [3.8, 4) is 0 Å². The molecule has 1 aromatic heterocycles. The highest BCUT2D eigenvalue weighted by atomic mass is 19.1. The molecule has 1 amide bonds. The molecule has 0 unspecified atom stereocenters. The van der Waals surface area contributed by atoms with Crippen molar-refractivity contribution in [2.24, 2.45) is 0 Å². The first kappa shape index (κ1) is 24.7. The summed E-state index contributed by atoms with van der Waals surface area (Å²) in [6.45, 7) is 8.82. The molecule has 198 valence electrons. The van der Waals surface area contributed by atoms with Gasteiger partial charge in [-0.25, -0.2) is 14.4 Å². The fraction of sp³-hybridized carbons (Fsp3) is 0.621. The number of piperazine rings is 1. The summed E-state index contributed by atoms with van der Waals surface area (Å²) in [6.07, 6.45) is 5.70. The lowest BCUT2D eigenvalue weighted by Gasteiger charge is -2.39. The monoisotopic (exact) mass is 507 g/mol. The van der Waals surface area contributed by atoms with Gasteiger partial charge < -0.3 is 20.2 Å². The van der Waals surface area contributed by atoms with Crippen molar-refractivity contribution >= 4 is 11.7 Å². The van der Waals surface area contributed by atoms with Gasteiger partial charge >= 0.3 is 0 Å². The second kappa shape index (κ2) is 9.31. The van der Waals surface area contributed by atoms with Gasteiger partial charge in [0, 0.05) is 48.9 Å². The smallest absolute Gasteiger partial charge is 0.231 e. The van der Waals surface area contributed by atoms with E-state index in [1.165, 1.54) is 6.33 Å². The van der Waals surface area contributed by atoms with Gasteiger partial charge in [0.1, 0.15) is 18.0 Å². The molecular weight excluding hydrogens is 469 g/mol. The SMILES string of the molecule is C[C@@H]1C[C@H](O)c2ncnc(N3CCN(C(=O)[C@@H](c4ccc(C5CC5)cc4F)[C@@H]4CCC(C)(C)N4)CC3)c21. The maximum atomic E-state index is 15.5. The normalized spacial score (nSPS) is 27.9. The van der Waals surface area contributed by atoms with E-state index in [0.29, 0.717) is 44.1 Å². The zero-order chi connectivity index (χ0) is 25.9. The average molecular weight is 508 g/mol. The second-order valence-electron chi connectivity index (χ2n) is 12.2. The first-order valence-electron chi connectivity index (χ1n) is 13.9. The fourth-order valence-corrected chi connectivity index (χ4v) is 6.69. The van der Waals surface area contributed by atoms with E-state index < -0.39 is 12.0 Å². The Hall–Kier alpha value is -2.58. The third-order valence-electron chi connectivity index (χ3n) is 8.90. The molecule has 6 rings (SSSR count). The number of amides is 1. The van der Waals surface area contributed by atoms with E-state index in [-0.39, 0.29) is 29.2 Å². The second-order valence-corrected chi connectivity index (χ2v) is 12.2. The van der Waals surface area contributed by atoms with Crippen LogP contribution in [0.2, 0.25) is 0 Å². The van der Waals surface area contributed by atoms with Gasteiger partial charge in [-0.2, -0.15) is 0 Å². The lowest BCUT2D eigenvalue weighted by molar-refractivity contribution is -0.133. The first-order valence-corrected chi connectivity index (χ1v) is 13.9. The molecule has 3 heterocycles. The number of benzene rings is 1. The molecule has 2 aliphatic carbocycles. The largest absolute Gasteiger partial charge is 0.387 e. The number of carbonyl (C=O) groups excluding carboxylic acids is 1. The predicted octanol–water partition coefficient (Wildman–Crippen LogP) is 4.00. The number of fused-ring (bicyclic) bond motifs is 1. The summed E-state index contributed by atoms with van der Waals surface area (Å²) in [5, 5.41) is 14.0. The minimum absolute atomic E-state index is 0.00429. The van der Waals surface area contributed by atoms with Crippen LogP contribution < -0.4 is 10.2 Å². The number of aromatic nitrogens is 2. The van der Waals surface area contributed by atoms with Crippen LogP contribution >= 0.6 is 0 Å². The maximum Gasteiger partial charge on any atom is 0.231 e. The quantitative estimate of drug-likeness (QED) is 0.637. The highest BCUT2D eigenvalue weighted by Gasteiger charge is 2.42. The van der Waals surface area contributed by atoms with Gasteiger partial charge in [-0.15, -0.1) is 0 Å². The Kier molecular flexibility index (Phi) is 6.23. The molecule has 2 aromatic rings. The molecule has 0 radical (unpaired) electrons. The molecule has 8 heteroatoms. The van der Waals surface area contributed by atoms with Crippen molar-refractivity contribution in [1.29, 1.82) is 0 Å².